The van der Waals surface area contributed by atoms with E-state index in [1.165, 1.54) is 0 Å². The first kappa shape index (κ1) is 7.45. The summed E-state index contributed by atoms with van der Waals surface area (Å²) < 4.78 is 0. The summed E-state index contributed by atoms with van der Waals surface area (Å²) in [6.07, 6.45) is 3.78. The average Bonchev–Trinajstić information content (AvgIpc) is 2.15. The number of hydrogen-bond acceptors (Lipinski definition) is 2. The summed E-state index contributed by atoms with van der Waals surface area (Å²) in [6.45, 7) is 1.89. The summed E-state index contributed by atoms with van der Waals surface area (Å²) >= 11 is 0. The van der Waals surface area contributed by atoms with Crippen LogP contribution >= 0.6 is 0 Å². The molecule has 0 radical (unpaired) electrons. The summed E-state index contributed by atoms with van der Waals surface area (Å²) in [5.41, 5.74) is -0.304. The second kappa shape index (κ2) is 2.52. The lowest BCUT2D eigenvalue weighted by atomic mass is 9.85. The highest BCUT2D eigenvalue weighted by atomic mass is 16.1. The van der Waals surface area contributed by atoms with Gasteiger partial charge in [-0.1, -0.05) is 6.92 Å². The number of rotatable bonds is 2. The minimum absolute atomic E-state index is 0.264. The molecule has 1 fully saturated rings. The van der Waals surface area contributed by atoms with Crippen LogP contribution in [0.2, 0.25) is 0 Å². The number of carbonyl (C=O) groups excluding carboxylic acids is 2. The van der Waals surface area contributed by atoms with Crippen LogP contribution in [0, 0.1) is 5.41 Å². The van der Waals surface area contributed by atoms with Gasteiger partial charge in [-0.2, -0.15) is 0 Å². The minimum atomic E-state index is -0.304. The number of ketones is 1. The Morgan fingerprint density at radius 2 is 2.40 bits per heavy atom. The lowest BCUT2D eigenvalue weighted by Gasteiger charge is -2.17. The maximum atomic E-state index is 11.1. The Labute approximate surface area is 60.6 Å². The van der Waals surface area contributed by atoms with Crippen LogP contribution in [0.4, 0.5) is 0 Å². The van der Waals surface area contributed by atoms with Crippen LogP contribution in [-0.4, -0.2) is 12.1 Å². The van der Waals surface area contributed by atoms with Crippen LogP contribution in [0.3, 0.4) is 0 Å². The lowest BCUT2D eigenvalue weighted by Crippen LogP contribution is -2.21. The summed E-state index contributed by atoms with van der Waals surface area (Å²) in [6, 6.07) is 0. The largest absolute Gasteiger partial charge is 0.303 e. The number of Topliss-reactive ketones (excluding diaryl/α,β-unsaturated/α-hetero) is 1. The molecule has 56 valence electrons. The Morgan fingerprint density at radius 3 is 2.80 bits per heavy atom. The Morgan fingerprint density at radius 1 is 1.70 bits per heavy atom. The van der Waals surface area contributed by atoms with Crippen molar-refractivity contribution in [1.82, 2.24) is 0 Å². The van der Waals surface area contributed by atoms with Crippen molar-refractivity contribution in [2.24, 2.45) is 5.41 Å². The smallest absolute Gasteiger partial charge is 0.139 e. The molecule has 1 atom stereocenters. The summed E-state index contributed by atoms with van der Waals surface area (Å²) in [5.74, 6) is 0.264. The minimum Gasteiger partial charge on any atom is -0.303 e. The number of hydrogen-bond donors (Lipinski definition) is 0. The van der Waals surface area contributed by atoms with E-state index in [2.05, 4.69) is 0 Å². The molecule has 0 aromatic rings. The van der Waals surface area contributed by atoms with Gasteiger partial charge in [0.05, 0.1) is 0 Å². The SMILES string of the molecule is CC1(CC=O)CCCC1=O. The highest BCUT2D eigenvalue weighted by molar-refractivity contribution is 5.88. The van der Waals surface area contributed by atoms with E-state index in [0.29, 0.717) is 12.8 Å². The molecule has 0 saturated heterocycles. The van der Waals surface area contributed by atoms with Gasteiger partial charge in [-0.3, -0.25) is 4.79 Å². The predicted molar refractivity (Wildman–Crippen MR) is 37.6 cm³/mol. The van der Waals surface area contributed by atoms with Crippen molar-refractivity contribution >= 4 is 12.1 Å². The third kappa shape index (κ3) is 1.11. The van der Waals surface area contributed by atoms with Gasteiger partial charge in [0.15, 0.2) is 0 Å². The normalized spacial score (nSPS) is 32.7. The van der Waals surface area contributed by atoms with Gasteiger partial charge >= 0.3 is 0 Å². The first-order valence-corrected chi connectivity index (χ1v) is 3.66. The molecule has 0 bridgehead atoms. The molecule has 0 N–H and O–H groups in total. The van der Waals surface area contributed by atoms with E-state index in [4.69, 9.17) is 0 Å². The molecule has 1 saturated carbocycles. The van der Waals surface area contributed by atoms with Gasteiger partial charge in [0.25, 0.3) is 0 Å². The van der Waals surface area contributed by atoms with Gasteiger partial charge in [-0.05, 0) is 12.8 Å². The first-order valence-electron chi connectivity index (χ1n) is 3.66. The van der Waals surface area contributed by atoms with Gasteiger partial charge in [0.2, 0.25) is 0 Å². The molecule has 1 unspecified atom stereocenters. The maximum Gasteiger partial charge on any atom is 0.139 e. The summed E-state index contributed by atoms with van der Waals surface area (Å²) in [5, 5.41) is 0. The van der Waals surface area contributed by atoms with E-state index < -0.39 is 0 Å². The van der Waals surface area contributed by atoms with Crippen LogP contribution in [-0.2, 0) is 9.59 Å². The monoisotopic (exact) mass is 140 g/mol. The van der Waals surface area contributed by atoms with Gasteiger partial charge in [-0.25, -0.2) is 0 Å². The van der Waals surface area contributed by atoms with Crippen molar-refractivity contribution in [2.45, 2.75) is 32.6 Å². The Balaban J connectivity index is 2.65. The van der Waals surface area contributed by atoms with Gasteiger partial charge in [0.1, 0.15) is 12.1 Å². The fraction of sp³-hybridized carbons (Fsp3) is 0.750. The third-order valence-electron chi connectivity index (χ3n) is 2.34. The summed E-state index contributed by atoms with van der Waals surface area (Å²) in [4.78, 5) is 21.3. The fourth-order valence-corrected chi connectivity index (χ4v) is 1.48. The van der Waals surface area contributed by atoms with Gasteiger partial charge in [-0.15, -0.1) is 0 Å². The second-order valence-corrected chi connectivity index (χ2v) is 3.21. The van der Waals surface area contributed by atoms with E-state index in [0.717, 1.165) is 19.1 Å². The van der Waals surface area contributed by atoms with Crippen LogP contribution < -0.4 is 0 Å². The number of carbonyl (C=O) groups is 2. The highest BCUT2D eigenvalue weighted by Crippen LogP contribution is 2.36. The van der Waals surface area contributed by atoms with E-state index in [1.807, 2.05) is 6.92 Å². The number of aldehydes is 1. The van der Waals surface area contributed by atoms with E-state index in [1.54, 1.807) is 0 Å². The van der Waals surface area contributed by atoms with Crippen LogP contribution in [0.25, 0.3) is 0 Å². The van der Waals surface area contributed by atoms with Crippen LogP contribution in [0.15, 0.2) is 0 Å². The van der Waals surface area contributed by atoms with E-state index in [-0.39, 0.29) is 11.2 Å². The van der Waals surface area contributed by atoms with Crippen molar-refractivity contribution in [3.05, 3.63) is 0 Å². The molecule has 0 aromatic carbocycles. The van der Waals surface area contributed by atoms with Crippen molar-refractivity contribution in [3.63, 3.8) is 0 Å². The van der Waals surface area contributed by atoms with Crippen molar-refractivity contribution in [1.29, 1.82) is 0 Å². The predicted octanol–water partition coefficient (Wildman–Crippen LogP) is 1.33. The maximum absolute atomic E-state index is 11.1. The molecule has 0 aliphatic heterocycles. The van der Waals surface area contributed by atoms with Gasteiger partial charge in [0, 0.05) is 18.3 Å². The third-order valence-corrected chi connectivity index (χ3v) is 2.34. The molecular weight excluding hydrogens is 128 g/mol. The lowest BCUT2D eigenvalue weighted by molar-refractivity contribution is -0.127. The standard InChI is InChI=1S/C8H12O2/c1-8(5-6-9)4-2-3-7(8)10/h6H,2-5H2,1H3. The zero-order valence-corrected chi connectivity index (χ0v) is 6.22. The van der Waals surface area contributed by atoms with Crippen LogP contribution in [0.5, 0.6) is 0 Å². The Hall–Kier alpha value is -0.660. The van der Waals surface area contributed by atoms with Crippen molar-refractivity contribution in [2.75, 3.05) is 0 Å². The summed E-state index contributed by atoms with van der Waals surface area (Å²) in [7, 11) is 0. The molecule has 1 rings (SSSR count). The molecule has 2 heteroatoms. The zero-order valence-electron chi connectivity index (χ0n) is 6.22. The molecule has 1 aliphatic carbocycles. The zero-order chi connectivity index (χ0) is 7.61. The Bertz CT molecular complexity index is 163. The topological polar surface area (TPSA) is 34.1 Å². The molecule has 10 heavy (non-hydrogen) atoms. The Kier molecular flexibility index (Phi) is 1.88. The highest BCUT2D eigenvalue weighted by Gasteiger charge is 2.36. The van der Waals surface area contributed by atoms with Crippen molar-refractivity contribution < 1.29 is 9.59 Å². The van der Waals surface area contributed by atoms with E-state index >= 15 is 0 Å². The van der Waals surface area contributed by atoms with Gasteiger partial charge < -0.3 is 4.79 Å². The molecule has 2 nitrogen and oxygen atoms in total. The quantitative estimate of drug-likeness (QED) is 0.542. The molecule has 0 spiro atoms. The van der Waals surface area contributed by atoms with Crippen molar-refractivity contribution in [3.8, 4) is 0 Å². The van der Waals surface area contributed by atoms with Crippen LogP contribution in [0.1, 0.15) is 32.6 Å². The second-order valence-electron chi connectivity index (χ2n) is 3.21. The average molecular weight is 140 g/mol. The fourth-order valence-electron chi connectivity index (χ4n) is 1.48. The first-order chi connectivity index (χ1) is 4.69. The molecule has 1 aliphatic rings. The molecule has 0 aromatic heterocycles. The van der Waals surface area contributed by atoms with E-state index in [9.17, 15) is 9.59 Å². The molecule has 0 amide bonds. The molecular formula is C8H12O2. The molecule has 0 heterocycles.